The zero-order valence-corrected chi connectivity index (χ0v) is 19.9. The molecule has 1 aromatic rings. The Bertz CT molecular complexity index is 875. The third kappa shape index (κ3) is 2.75. The maximum atomic E-state index is 12.8. The van der Waals surface area contributed by atoms with Crippen molar-refractivity contribution in [1.82, 2.24) is 0 Å². The SMILES string of the molecule is C[C@]12CC[C@H]3[C@@H](C[C@@H]4OC[C@@]35CC[C@H](O)C[C@]45Br)[C@@H]1CC[C@H]2OC(=O)c1ccccc1. The van der Waals surface area contributed by atoms with Gasteiger partial charge in [0, 0.05) is 10.8 Å². The van der Waals surface area contributed by atoms with Gasteiger partial charge in [0.1, 0.15) is 6.10 Å². The van der Waals surface area contributed by atoms with Crippen molar-refractivity contribution in [3.05, 3.63) is 35.9 Å². The zero-order chi connectivity index (χ0) is 21.4. The van der Waals surface area contributed by atoms with Gasteiger partial charge in [-0.05, 0) is 81.3 Å². The first-order chi connectivity index (χ1) is 14.9. The molecule has 0 unspecified atom stereocenters. The molecule has 5 aliphatic rings. The third-order valence-corrected chi connectivity index (χ3v) is 11.8. The van der Waals surface area contributed by atoms with Crippen molar-refractivity contribution < 1.29 is 19.4 Å². The lowest BCUT2D eigenvalue weighted by atomic mass is 9.45. The van der Waals surface area contributed by atoms with Gasteiger partial charge in [0.15, 0.2) is 0 Å². The van der Waals surface area contributed by atoms with Gasteiger partial charge >= 0.3 is 5.97 Å². The number of benzene rings is 1. The maximum Gasteiger partial charge on any atom is 0.338 e. The molecule has 31 heavy (non-hydrogen) atoms. The minimum atomic E-state index is -0.213. The molecule has 0 radical (unpaired) electrons. The van der Waals surface area contributed by atoms with E-state index in [4.69, 9.17) is 9.47 Å². The summed E-state index contributed by atoms with van der Waals surface area (Å²) in [6.45, 7) is 3.22. The number of aliphatic hydroxyl groups excluding tert-OH is 1. The van der Waals surface area contributed by atoms with Crippen LogP contribution in [0.15, 0.2) is 30.3 Å². The molecule has 1 heterocycles. The summed E-state index contributed by atoms with van der Waals surface area (Å²) in [5.41, 5.74) is 0.860. The highest BCUT2D eigenvalue weighted by molar-refractivity contribution is 9.10. The smallest absolute Gasteiger partial charge is 0.338 e. The number of halogens is 1. The molecular weight excluding hydrogens is 456 g/mol. The summed E-state index contributed by atoms with van der Waals surface area (Å²) in [5.74, 6) is 1.68. The van der Waals surface area contributed by atoms with Gasteiger partial charge < -0.3 is 14.6 Å². The highest BCUT2D eigenvalue weighted by Gasteiger charge is 2.72. The van der Waals surface area contributed by atoms with E-state index in [0.29, 0.717) is 23.3 Å². The van der Waals surface area contributed by atoms with Gasteiger partial charge in [-0.15, -0.1) is 0 Å². The van der Waals surface area contributed by atoms with Crippen molar-refractivity contribution in [2.45, 2.75) is 80.9 Å². The van der Waals surface area contributed by atoms with E-state index in [2.05, 4.69) is 22.9 Å². The van der Waals surface area contributed by atoms with Crippen LogP contribution in [0.2, 0.25) is 0 Å². The Kier molecular flexibility index (Phi) is 4.70. The highest BCUT2D eigenvalue weighted by atomic mass is 79.9. The number of carbonyl (C=O) groups is 1. The van der Waals surface area contributed by atoms with E-state index in [1.165, 1.54) is 6.42 Å². The molecule has 5 heteroatoms. The van der Waals surface area contributed by atoms with Crippen LogP contribution in [0.5, 0.6) is 0 Å². The Labute approximate surface area is 193 Å². The number of rotatable bonds is 2. The maximum absolute atomic E-state index is 12.8. The Morgan fingerprint density at radius 2 is 1.94 bits per heavy atom. The number of carbonyl (C=O) groups excluding carboxylic acids is 1. The third-order valence-electron chi connectivity index (χ3n) is 10.1. The van der Waals surface area contributed by atoms with Crippen LogP contribution in [-0.4, -0.2) is 40.3 Å². The topological polar surface area (TPSA) is 55.8 Å². The van der Waals surface area contributed by atoms with E-state index in [1.54, 1.807) is 0 Å². The lowest BCUT2D eigenvalue weighted by molar-refractivity contribution is -0.114. The predicted octanol–water partition coefficient (Wildman–Crippen LogP) is 5.12. The largest absolute Gasteiger partial charge is 0.458 e. The van der Waals surface area contributed by atoms with Crippen LogP contribution in [-0.2, 0) is 9.47 Å². The molecule has 9 atom stereocenters. The van der Waals surface area contributed by atoms with E-state index in [0.717, 1.165) is 51.6 Å². The molecule has 6 rings (SSSR count). The van der Waals surface area contributed by atoms with Crippen LogP contribution < -0.4 is 0 Å². The van der Waals surface area contributed by atoms with E-state index in [-0.39, 0.29) is 39.4 Å². The molecule has 0 aromatic heterocycles. The van der Waals surface area contributed by atoms with Gasteiger partial charge in [-0.1, -0.05) is 41.1 Å². The second-order valence-corrected chi connectivity index (χ2v) is 12.6. The minimum Gasteiger partial charge on any atom is -0.458 e. The summed E-state index contributed by atoms with van der Waals surface area (Å²) in [6.07, 6.45) is 8.24. The van der Waals surface area contributed by atoms with E-state index in [1.807, 2.05) is 30.3 Å². The Balaban J connectivity index is 1.26. The van der Waals surface area contributed by atoms with Gasteiger partial charge in [-0.2, -0.15) is 0 Å². The second-order valence-electron chi connectivity index (χ2n) is 11.2. The van der Waals surface area contributed by atoms with Crippen molar-refractivity contribution in [3.8, 4) is 0 Å². The lowest BCUT2D eigenvalue weighted by Crippen LogP contribution is -2.63. The number of fused-ring (bicyclic) bond motifs is 3. The second kappa shape index (κ2) is 7.04. The summed E-state index contributed by atoms with van der Waals surface area (Å²) in [6, 6.07) is 9.41. The van der Waals surface area contributed by atoms with E-state index < -0.39 is 0 Å². The fraction of sp³-hybridized carbons (Fsp3) is 0.731. The summed E-state index contributed by atoms with van der Waals surface area (Å²) < 4.78 is 12.5. The van der Waals surface area contributed by atoms with Crippen molar-refractivity contribution in [2.24, 2.45) is 28.6 Å². The van der Waals surface area contributed by atoms with E-state index in [9.17, 15) is 9.90 Å². The fourth-order valence-electron chi connectivity index (χ4n) is 8.63. The van der Waals surface area contributed by atoms with Gasteiger partial charge in [-0.3, -0.25) is 0 Å². The van der Waals surface area contributed by atoms with Gasteiger partial charge in [-0.25, -0.2) is 4.79 Å². The number of hydrogen-bond acceptors (Lipinski definition) is 4. The summed E-state index contributed by atoms with van der Waals surface area (Å²) >= 11 is 4.16. The molecule has 4 nitrogen and oxygen atoms in total. The fourth-order valence-corrected chi connectivity index (χ4v) is 9.93. The molecule has 0 amide bonds. The number of alkyl halides is 1. The molecule has 4 saturated carbocycles. The van der Waals surface area contributed by atoms with Crippen molar-refractivity contribution in [3.63, 3.8) is 0 Å². The number of hydrogen-bond donors (Lipinski definition) is 1. The molecular formula is C26H33BrO4. The van der Waals surface area contributed by atoms with Gasteiger partial charge in [0.25, 0.3) is 0 Å². The van der Waals surface area contributed by atoms with Crippen LogP contribution in [0, 0.1) is 28.6 Å². The molecule has 1 N–H and O–H groups in total. The molecule has 4 aliphatic carbocycles. The molecule has 0 spiro atoms. The average molecular weight is 489 g/mol. The summed E-state index contributed by atoms with van der Waals surface area (Å²) in [7, 11) is 0. The van der Waals surface area contributed by atoms with Crippen molar-refractivity contribution >= 4 is 21.9 Å². The van der Waals surface area contributed by atoms with Crippen LogP contribution >= 0.6 is 15.9 Å². The van der Waals surface area contributed by atoms with Crippen LogP contribution in [0.1, 0.15) is 68.6 Å². The van der Waals surface area contributed by atoms with Crippen molar-refractivity contribution in [2.75, 3.05) is 6.61 Å². The Morgan fingerprint density at radius 1 is 1.13 bits per heavy atom. The molecule has 5 fully saturated rings. The number of aliphatic hydroxyl groups is 1. The molecule has 1 aromatic carbocycles. The standard InChI is InChI=1S/C26H33BrO4/c1-24-11-10-20-18(13-22-26(27)14-17(28)9-12-25(20,26)15-30-22)19(24)7-8-21(24)31-23(29)16-5-3-2-4-6-16/h2-6,17-22,28H,7-15H2,1H3/t17-,18-,19-,20-,21+,22-,24-,25-,26-/m0/s1. The number of esters is 1. The summed E-state index contributed by atoms with van der Waals surface area (Å²) in [4.78, 5) is 12.8. The van der Waals surface area contributed by atoms with E-state index >= 15 is 0 Å². The van der Waals surface area contributed by atoms with Crippen LogP contribution in [0.4, 0.5) is 0 Å². The summed E-state index contributed by atoms with van der Waals surface area (Å²) in [5, 5.41) is 10.4. The minimum absolute atomic E-state index is 0.00561. The van der Waals surface area contributed by atoms with Crippen LogP contribution in [0.3, 0.4) is 0 Å². The van der Waals surface area contributed by atoms with Crippen molar-refractivity contribution in [1.29, 1.82) is 0 Å². The van der Waals surface area contributed by atoms with Gasteiger partial charge in [0.05, 0.1) is 28.7 Å². The first kappa shape index (κ1) is 20.7. The molecule has 168 valence electrons. The lowest BCUT2D eigenvalue weighted by Gasteiger charge is -2.62. The molecule has 1 saturated heterocycles. The Morgan fingerprint density at radius 3 is 2.74 bits per heavy atom. The van der Waals surface area contributed by atoms with Gasteiger partial charge in [0.2, 0.25) is 0 Å². The average Bonchev–Trinajstić information content (AvgIpc) is 3.16. The molecule has 2 bridgehead atoms. The zero-order valence-electron chi connectivity index (χ0n) is 18.3. The number of ether oxygens (including phenoxy) is 2. The normalized spacial score (nSPS) is 50.3. The Hall–Kier alpha value is -0.910. The highest BCUT2D eigenvalue weighted by Crippen LogP contribution is 2.72. The predicted molar refractivity (Wildman–Crippen MR) is 121 cm³/mol. The first-order valence-corrected chi connectivity index (χ1v) is 12.9. The monoisotopic (exact) mass is 488 g/mol. The first-order valence-electron chi connectivity index (χ1n) is 12.1. The van der Waals surface area contributed by atoms with Crippen LogP contribution in [0.25, 0.3) is 0 Å². The molecule has 1 aliphatic heterocycles. The quantitative estimate of drug-likeness (QED) is 0.463.